The lowest BCUT2D eigenvalue weighted by Gasteiger charge is -2.30. The van der Waals surface area contributed by atoms with E-state index in [1.54, 1.807) is 0 Å². The minimum atomic E-state index is -0.187. The summed E-state index contributed by atoms with van der Waals surface area (Å²) in [6, 6.07) is 2.34. The van der Waals surface area contributed by atoms with Crippen LogP contribution in [0.15, 0.2) is 0 Å². The lowest BCUT2D eigenvalue weighted by Crippen LogP contribution is -2.36. The number of likely N-dealkylation sites (tertiary alicyclic amines) is 1. The molecular formula is C14H24N2O. The zero-order chi connectivity index (χ0) is 12.7. The maximum absolute atomic E-state index is 10.7. The van der Waals surface area contributed by atoms with Crippen LogP contribution in [0.3, 0.4) is 0 Å². The monoisotopic (exact) mass is 236 g/mol. The zero-order valence-electron chi connectivity index (χ0n) is 11.1. The molecule has 0 spiro atoms. The number of nitriles is 1. The number of nitrogens with zero attached hydrogens (tertiary/aromatic N) is 2. The van der Waals surface area contributed by atoms with Crippen LogP contribution in [0.2, 0.25) is 0 Å². The fraction of sp³-hybridized carbons (Fsp3) is 0.857. The third-order valence-corrected chi connectivity index (χ3v) is 3.56. The van der Waals surface area contributed by atoms with Crippen molar-refractivity contribution >= 4 is 6.29 Å². The molecule has 3 nitrogen and oxygen atoms in total. The summed E-state index contributed by atoms with van der Waals surface area (Å²) in [5, 5.41) is 8.91. The van der Waals surface area contributed by atoms with Crippen LogP contribution in [-0.4, -0.2) is 30.8 Å². The topological polar surface area (TPSA) is 44.1 Å². The molecule has 1 unspecified atom stereocenters. The lowest BCUT2D eigenvalue weighted by molar-refractivity contribution is -0.112. The van der Waals surface area contributed by atoms with E-state index in [1.807, 2.05) is 13.8 Å². The van der Waals surface area contributed by atoms with E-state index in [0.29, 0.717) is 0 Å². The molecule has 96 valence electrons. The highest BCUT2D eigenvalue weighted by atomic mass is 16.1. The first kappa shape index (κ1) is 14.2. The fourth-order valence-electron chi connectivity index (χ4n) is 2.36. The molecular weight excluding hydrogens is 212 g/mol. The summed E-state index contributed by atoms with van der Waals surface area (Å²) in [5.74, 6) is 0.249. The predicted molar refractivity (Wildman–Crippen MR) is 68.5 cm³/mol. The molecule has 1 atom stereocenters. The summed E-state index contributed by atoms with van der Waals surface area (Å²) < 4.78 is 0. The molecule has 17 heavy (non-hydrogen) atoms. The zero-order valence-corrected chi connectivity index (χ0v) is 11.1. The van der Waals surface area contributed by atoms with Gasteiger partial charge in [-0.2, -0.15) is 5.26 Å². The van der Waals surface area contributed by atoms with Gasteiger partial charge in [0, 0.05) is 12.5 Å². The van der Waals surface area contributed by atoms with Crippen molar-refractivity contribution in [3.8, 4) is 6.07 Å². The van der Waals surface area contributed by atoms with Gasteiger partial charge in [0.15, 0.2) is 0 Å². The van der Waals surface area contributed by atoms with E-state index in [-0.39, 0.29) is 11.3 Å². The van der Waals surface area contributed by atoms with E-state index in [0.717, 1.165) is 58.0 Å². The first-order valence-electron chi connectivity index (χ1n) is 6.66. The molecule has 1 aliphatic heterocycles. The molecule has 0 aliphatic carbocycles. The Morgan fingerprint density at radius 3 is 2.88 bits per heavy atom. The van der Waals surface area contributed by atoms with Crippen LogP contribution in [0, 0.1) is 22.7 Å². The van der Waals surface area contributed by atoms with Crippen molar-refractivity contribution in [3.05, 3.63) is 0 Å². The Bertz CT molecular complexity index is 280. The molecule has 0 aromatic rings. The van der Waals surface area contributed by atoms with Crippen LogP contribution < -0.4 is 0 Å². The minimum absolute atomic E-state index is 0.187. The van der Waals surface area contributed by atoms with Crippen LogP contribution in [-0.2, 0) is 4.79 Å². The van der Waals surface area contributed by atoms with Crippen LogP contribution in [0.4, 0.5) is 0 Å². The third kappa shape index (κ3) is 5.32. The molecule has 1 aliphatic rings. The molecule has 3 heteroatoms. The van der Waals surface area contributed by atoms with Crippen LogP contribution in [0.5, 0.6) is 0 Å². The van der Waals surface area contributed by atoms with Crippen molar-refractivity contribution in [2.45, 2.75) is 46.0 Å². The highest BCUT2D eigenvalue weighted by Gasteiger charge is 2.19. The average Bonchev–Trinajstić information content (AvgIpc) is 2.35. The van der Waals surface area contributed by atoms with E-state index in [9.17, 15) is 4.79 Å². The molecule has 0 radical (unpaired) electrons. The molecule has 0 saturated carbocycles. The number of piperidine rings is 1. The second-order valence-electron chi connectivity index (χ2n) is 5.79. The smallest absolute Gasteiger partial charge is 0.124 e. The molecule has 0 aromatic carbocycles. The molecule has 0 aromatic heterocycles. The largest absolute Gasteiger partial charge is 0.303 e. The van der Waals surface area contributed by atoms with Crippen molar-refractivity contribution in [2.75, 3.05) is 19.6 Å². The normalized spacial score (nSPS) is 22.1. The number of unbranched alkanes of at least 4 members (excludes halogenated alkanes) is 1. The van der Waals surface area contributed by atoms with Gasteiger partial charge in [-0.05, 0) is 52.6 Å². The van der Waals surface area contributed by atoms with Gasteiger partial charge in [-0.3, -0.25) is 0 Å². The maximum atomic E-state index is 10.7. The van der Waals surface area contributed by atoms with Gasteiger partial charge < -0.3 is 9.69 Å². The van der Waals surface area contributed by atoms with E-state index >= 15 is 0 Å². The van der Waals surface area contributed by atoms with E-state index < -0.39 is 0 Å². The van der Waals surface area contributed by atoms with Crippen LogP contribution >= 0.6 is 0 Å². The number of carbonyl (C=O) groups excluding carboxylic acids is 1. The number of rotatable bonds is 6. The fourth-order valence-corrected chi connectivity index (χ4v) is 2.36. The highest BCUT2D eigenvalue weighted by Crippen LogP contribution is 2.22. The van der Waals surface area contributed by atoms with Crippen LogP contribution in [0.1, 0.15) is 46.0 Å². The number of aldehydes is 1. The number of carbonyl (C=O) groups is 1. The van der Waals surface area contributed by atoms with Gasteiger partial charge in [-0.15, -0.1) is 0 Å². The average molecular weight is 236 g/mol. The summed E-state index contributed by atoms with van der Waals surface area (Å²) >= 11 is 0. The first-order chi connectivity index (χ1) is 8.07. The summed E-state index contributed by atoms with van der Waals surface area (Å²) in [7, 11) is 0. The van der Waals surface area contributed by atoms with Gasteiger partial charge >= 0.3 is 0 Å². The summed E-state index contributed by atoms with van der Waals surface area (Å²) in [6.45, 7) is 7.13. The van der Waals surface area contributed by atoms with Gasteiger partial charge in [0.05, 0.1) is 11.5 Å². The Morgan fingerprint density at radius 2 is 2.24 bits per heavy atom. The van der Waals surface area contributed by atoms with E-state index in [2.05, 4.69) is 11.0 Å². The summed E-state index contributed by atoms with van der Waals surface area (Å²) in [5.41, 5.74) is -0.187. The Labute approximate surface area is 105 Å². The van der Waals surface area contributed by atoms with Crippen molar-refractivity contribution < 1.29 is 4.79 Å². The van der Waals surface area contributed by atoms with Crippen molar-refractivity contribution in [2.24, 2.45) is 11.3 Å². The second kappa shape index (κ2) is 6.76. The molecule has 1 fully saturated rings. The SMILES string of the molecule is CC(C)(C#N)CCCCN1CCCC(C=O)C1. The van der Waals surface area contributed by atoms with Crippen molar-refractivity contribution in [1.82, 2.24) is 4.90 Å². The Hall–Kier alpha value is -0.880. The molecule has 0 amide bonds. The number of hydrogen-bond donors (Lipinski definition) is 0. The molecule has 1 rings (SSSR count). The van der Waals surface area contributed by atoms with Crippen LogP contribution in [0.25, 0.3) is 0 Å². The standard InChI is InChI=1S/C14H24N2O/c1-14(2,12-15)7-3-4-8-16-9-5-6-13(10-16)11-17/h11,13H,3-10H2,1-2H3. The molecule has 0 N–H and O–H groups in total. The van der Waals surface area contributed by atoms with Gasteiger partial charge in [0.25, 0.3) is 0 Å². The Balaban J connectivity index is 2.14. The molecule has 1 saturated heterocycles. The highest BCUT2D eigenvalue weighted by molar-refractivity contribution is 5.53. The Kier molecular flexibility index (Phi) is 5.64. The third-order valence-electron chi connectivity index (χ3n) is 3.56. The van der Waals surface area contributed by atoms with E-state index in [4.69, 9.17) is 5.26 Å². The maximum Gasteiger partial charge on any atom is 0.124 e. The molecule has 1 heterocycles. The van der Waals surface area contributed by atoms with Gasteiger partial charge in [-0.25, -0.2) is 0 Å². The number of hydrogen-bond acceptors (Lipinski definition) is 3. The van der Waals surface area contributed by atoms with Crippen molar-refractivity contribution in [3.63, 3.8) is 0 Å². The van der Waals surface area contributed by atoms with Crippen molar-refractivity contribution in [1.29, 1.82) is 5.26 Å². The summed E-state index contributed by atoms with van der Waals surface area (Å²) in [4.78, 5) is 13.1. The van der Waals surface area contributed by atoms with Gasteiger partial charge in [0.1, 0.15) is 6.29 Å². The second-order valence-corrected chi connectivity index (χ2v) is 5.79. The van der Waals surface area contributed by atoms with Gasteiger partial charge in [-0.1, -0.05) is 6.42 Å². The quantitative estimate of drug-likeness (QED) is 0.526. The Morgan fingerprint density at radius 1 is 1.47 bits per heavy atom. The first-order valence-corrected chi connectivity index (χ1v) is 6.66. The lowest BCUT2D eigenvalue weighted by atomic mass is 9.89. The molecule has 0 bridgehead atoms. The predicted octanol–water partition coefficient (Wildman–Crippen LogP) is 2.62. The minimum Gasteiger partial charge on any atom is -0.303 e. The van der Waals surface area contributed by atoms with Gasteiger partial charge in [0.2, 0.25) is 0 Å². The van der Waals surface area contributed by atoms with E-state index in [1.165, 1.54) is 0 Å². The summed E-state index contributed by atoms with van der Waals surface area (Å²) in [6.07, 6.45) is 6.51.